The number of halogens is 2. The maximum Gasteiger partial charge on any atom is 0.343 e. The highest BCUT2D eigenvalue weighted by atomic mass is 32.2. The molecule has 0 spiro atoms. The predicted octanol–water partition coefficient (Wildman–Crippen LogP) is 1.13. The Bertz CT molecular complexity index is 598. The first-order valence-electron chi connectivity index (χ1n) is 4.84. The molecule has 8 heteroatoms. The molecule has 2 N–H and O–H groups in total. The highest BCUT2D eigenvalue weighted by molar-refractivity contribution is 7.90. The smallest absolute Gasteiger partial charge is 0.343 e. The van der Waals surface area contributed by atoms with E-state index in [-0.39, 0.29) is 6.61 Å². The average molecular weight is 279 g/mol. The van der Waals surface area contributed by atoms with Crippen LogP contribution in [0.4, 0.5) is 14.5 Å². The van der Waals surface area contributed by atoms with Crippen LogP contribution in [0.5, 0.6) is 0 Å². The number of ether oxygens (including phenoxy) is 1. The zero-order valence-corrected chi connectivity index (χ0v) is 10.5. The molecule has 0 aliphatic carbocycles. The maximum absolute atomic E-state index is 13.9. The second-order valence-electron chi connectivity index (χ2n) is 3.46. The lowest BCUT2D eigenvalue weighted by molar-refractivity contribution is 0.0521. The Hall–Kier alpha value is -1.70. The van der Waals surface area contributed by atoms with Gasteiger partial charge in [-0.3, -0.25) is 0 Å². The van der Waals surface area contributed by atoms with Crippen molar-refractivity contribution in [3.63, 3.8) is 0 Å². The predicted molar refractivity (Wildman–Crippen MR) is 59.8 cm³/mol. The number of rotatable bonds is 3. The quantitative estimate of drug-likeness (QED) is 0.662. The minimum absolute atomic E-state index is 0.0523. The second-order valence-corrected chi connectivity index (χ2v) is 5.41. The molecule has 18 heavy (non-hydrogen) atoms. The van der Waals surface area contributed by atoms with Crippen LogP contribution >= 0.6 is 0 Å². The summed E-state index contributed by atoms with van der Waals surface area (Å²) in [6.45, 7) is 1.43. The van der Waals surface area contributed by atoms with Gasteiger partial charge in [0.1, 0.15) is 16.3 Å². The van der Waals surface area contributed by atoms with Crippen LogP contribution in [0.15, 0.2) is 11.0 Å². The number of carbonyl (C=O) groups excluding carboxylic acids is 1. The van der Waals surface area contributed by atoms with E-state index in [2.05, 4.69) is 4.74 Å². The van der Waals surface area contributed by atoms with Crippen molar-refractivity contribution in [2.75, 3.05) is 18.6 Å². The van der Waals surface area contributed by atoms with Gasteiger partial charge < -0.3 is 10.5 Å². The third-order valence-electron chi connectivity index (χ3n) is 2.06. The summed E-state index contributed by atoms with van der Waals surface area (Å²) in [6.07, 6.45) is 0.625. The Balaban J connectivity index is 3.61. The van der Waals surface area contributed by atoms with E-state index in [4.69, 9.17) is 5.73 Å². The normalized spacial score (nSPS) is 11.3. The fraction of sp³-hybridized carbons (Fsp3) is 0.300. The van der Waals surface area contributed by atoms with E-state index in [0.29, 0.717) is 12.3 Å². The van der Waals surface area contributed by atoms with Crippen molar-refractivity contribution in [3.05, 3.63) is 23.3 Å². The first-order chi connectivity index (χ1) is 8.20. The van der Waals surface area contributed by atoms with Crippen molar-refractivity contribution >= 4 is 21.5 Å². The van der Waals surface area contributed by atoms with Crippen LogP contribution in [0, 0.1) is 11.6 Å². The van der Waals surface area contributed by atoms with Crippen LogP contribution in [0.25, 0.3) is 0 Å². The van der Waals surface area contributed by atoms with Crippen molar-refractivity contribution in [2.45, 2.75) is 11.8 Å². The van der Waals surface area contributed by atoms with Crippen molar-refractivity contribution < 1.29 is 26.7 Å². The SMILES string of the molecule is CCOC(=O)c1c(N)cc(F)c(S(C)(=O)=O)c1F. The molecule has 0 heterocycles. The molecule has 0 aromatic heterocycles. The summed E-state index contributed by atoms with van der Waals surface area (Å²) in [4.78, 5) is 10.2. The van der Waals surface area contributed by atoms with Gasteiger partial charge in [0, 0.05) is 6.26 Å². The number of carbonyl (C=O) groups is 1. The number of benzene rings is 1. The molecule has 0 aliphatic rings. The van der Waals surface area contributed by atoms with Crippen LogP contribution in [-0.4, -0.2) is 27.2 Å². The summed E-state index contributed by atoms with van der Waals surface area (Å²) in [5.41, 5.74) is 3.99. The lowest BCUT2D eigenvalue weighted by Crippen LogP contribution is -2.15. The average Bonchev–Trinajstić information content (AvgIpc) is 2.13. The largest absolute Gasteiger partial charge is 0.462 e. The molecule has 0 unspecified atom stereocenters. The first-order valence-corrected chi connectivity index (χ1v) is 6.74. The van der Waals surface area contributed by atoms with Gasteiger partial charge in [0.05, 0.1) is 12.3 Å². The van der Waals surface area contributed by atoms with Crippen molar-refractivity contribution in [3.8, 4) is 0 Å². The van der Waals surface area contributed by atoms with Gasteiger partial charge in [-0.15, -0.1) is 0 Å². The minimum atomic E-state index is -4.17. The zero-order valence-electron chi connectivity index (χ0n) is 9.66. The van der Waals surface area contributed by atoms with Crippen molar-refractivity contribution in [1.29, 1.82) is 0 Å². The first kappa shape index (κ1) is 14.4. The molecule has 0 radical (unpaired) electrons. The van der Waals surface area contributed by atoms with Crippen molar-refractivity contribution in [2.24, 2.45) is 0 Å². The molecule has 100 valence electrons. The molecule has 1 rings (SSSR count). The van der Waals surface area contributed by atoms with Crippen molar-refractivity contribution in [1.82, 2.24) is 0 Å². The van der Waals surface area contributed by atoms with Gasteiger partial charge in [-0.25, -0.2) is 22.0 Å². The summed E-state index contributed by atoms with van der Waals surface area (Å²) in [5, 5.41) is 0. The van der Waals surface area contributed by atoms with E-state index >= 15 is 0 Å². The molecular weight excluding hydrogens is 268 g/mol. The molecule has 0 fully saturated rings. The molecule has 0 amide bonds. The second kappa shape index (κ2) is 4.89. The van der Waals surface area contributed by atoms with Crippen LogP contribution in [0.1, 0.15) is 17.3 Å². The Kier molecular flexibility index (Phi) is 3.90. The molecule has 0 aliphatic heterocycles. The molecule has 1 aromatic rings. The van der Waals surface area contributed by atoms with E-state index in [1.54, 1.807) is 0 Å². The highest BCUT2D eigenvalue weighted by Crippen LogP contribution is 2.27. The number of anilines is 1. The lowest BCUT2D eigenvalue weighted by Gasteiger charge is -2.10. The van der Waals surface area contributed by atoms with Gasteiger partial charge >= 0.3 is 5.97 Å². The Morgan fingerprint density at radius 1 is 1.44 bits per heavy atom. The van der Waals surface area contributed by atoms with Crippen LogP contribution in [0.2, 0.25) is 0 Å². The van der Waals surface area contributed by atoms with Gasteiger partial charge in [-0.1, -0.05) is 0 Å². The highest BCUT2D eigenvalue weighted by Gasteiger charge is 2.28. The molecule has 0 saturated carbocycles. The number of hydrogen-bond acceptors (Lipinski definition) is 5. The minimum Gasteiger partial charge on any atom is -0.462 e. The van der Waals surface area contributed by atoms with Gasteiger partial charge in [0.15, 0.2) is 15.7 Å². The van der Waals surface area contributed by atoms with E-state index < -0.39 is 43.6 Å². The van der Waals surface area contributed by atoms with Crippen LogP contribution < -0.4 is 5.73 Å². The van der Waals surface area contributed by atoms with E-state index in [9.17, 15) is 22.0 Å². The zero-order chi connectivity index (χ0) is 14.1. The molecule has 0 bridgehead atoms. The van der Waals surface area contributed by atoms with E-state index in [0.717, 1.165) is 0 Å². The van der Waals surface area contributed by atoms with Gasteiger partial charge in [-0.05, 0) is 13.0 Å². The Morgan fingerprint density at radius 2 is 2.00 bits per heavy atom. The number of hydrogen-bond donors (Lipinski definition) is 1. The number of nitrogen functional groups attached to an aromatic ring is 1. The van der Waals surface area contributed by atoms with Crippen LogP contribution in [-0.2, 0) is 14.6 Å². The number of esters is 1. The fourth-order valence-electron chi connectivity index (χ4n) is 1.37. The topological polar surface area (TPSA) is 86.5 Å². The third-order valence-corrected chi connectivity index (χ3v) is 3.17. The maximum atomic E-state index is 13.9. The molecule has 0 atom stereocenters. The van der Waals surface area contributed by atoms with E-state index in [1.165, 1.54) is 6.92 Å². The molecule has 0 saturated heterocycles. The fourth-order valence-corrected chi connectivity index (χ4v) is 2.21. The summed E-state index contributed by atoms with van der Waals surface area (Å²) in [5.74, 6) is -4.02. The van der Waals surface area contributed by atoms with Gasteiger partial charge in [0.25, 0.3) is 0 Å². The summed E-state index contributed by atoms with van der Waals surface area (Å²) < 4.78 is 54.3. The molecule has 5 nitrogen and oxygen atoms in total. The Labute approximate surface area is 102 Å². The standard InChI is InChI=1S/C10H11F2NO4S/c1-3-17-10(14)7-6(13)4-5(11)9(8(7)12)18(2,15)16/h4H,3,13H2,1-2H3. The summed E-state index contributed by atoms with van der Waals surface area (Å²) in [7, 11) is -4.17. The van der Waals surface area contributed by atoms with Crippen LogP contribution in [0.3, 0.4) is 0 Å². The third kappa shape index (κ3) is 2.58. The lowest BCUT2D eigenvalue weighted by atomic mass is 10.1. The molecular formula is C10H11F2NO4S. The summed E-state index contributed by atoms with van der Waals surface area (Å²) in [6, 6.07) is 0.575. The Morgan fingerprint density at radius 3 is 2.44 bits per heavy atom. The van der Waals surface area contributed by atoms with Gasteiger partial charge in [0.2, 0.25) is 0 Å². The number of sulfone groups is 1. The summed E-state index contributed by atoms with van der Waals surface area (Å²) >= 11 is 0. The van der Waals surface area contributed by atoms with E-state index in [1.807, 2.05) is 0 Å². The van der Waals surface area contributed by atoms with Gasteiger partial charge in [-0.2, -0.15) is 0 Å². The monoisotopic (exact) mass is 279 g/mol. The molecule has 1 aromatic carbocycles. The number of nitrogens with two attached hydrogens (primary N) is 1.